The number of unbranched alkanes of at least 4 members (excludes halogenated alkanes) is 2. The summed E-state index contributed by atoms with van der Waals surface area (Å²) in [6, 6.07) is 8.97. The van der Waals surface area contributed by atoms with Crippen molar-refractivity contribution in [1.29, 1.82) is 0 Å². The first kappa shape index (κ1) is 18.2. The van der Waals surface area contributed by atoms with Crippen LogP contribution >= 0.6 is 0 Å². The molecule has 0 aromatic heterocycles. The van der Waals surface area contributed by atoms with Crippen molar-refractivity contribution in [3.05, 3.63) is 35.4 Å². The molecule has 0 bridgehead atoms. The minimum absolute atomic E-state index is 0.457. The second-order valence-corrected chi connectivity index (χ2v) is 6.50. The van der Waals surface area contributed by atoms with E-state index in [-0.39, 0.29) is 0 Å². The van der Waals surface area contributed by atoms with Gasteiger partial charge in [0.05, 0.1) is 5.60 Å². The third-order valence-electron chi connectivity index (χ3n) is 4.37. The molecular formula is C20H34O. The van der Waals surface area contributed by atoms with Crippen molar-refractivity contribution in [2.75, 3.05) is 0 Å². The van der Waals surface area contributed by atoms with E-state index >= 15 is 0 Å². The molecule has 0 atom stereocenters. The smallest absolute Gasteiger partial charge is 0.0650 e. The van der Waals surface area contributed by atoms with E-state index < -0.39 is 5.60 Å². The number of aliphatic hydroxyl groups is 1. The third kappa shape index (κ3) is 7.13. The summed E-state index contributed by atoms with van der Waals surface area (Å²) in [4.78, 5) is 0. The molecule has 0 aliphatic carbocycles. The molecule has 1 aromatic carbocycles. The van der Waals surface area contributed by atoms with E-state index in [1.165, 1.54) is 36.8 Å². The summed E-state index contributed by atoms with van der Waals surface area (Å²) in [5, 5.41) is 10.7. The van der Waals surface area contributed by atoms with Crippen molar-refractivity contribution in [3.63, 3.8) is 0 Å². The molecule has 0 aliphatic rings. The van der Waals surface area contributed by atoms with Crippen molar-refractivity contribution in [3.8, 4) is 0 Å². The van der Waals surface area contributed by atoms with Crippen molar-refractivity contribution >= 4 is 0 Å². The lowest BCUT2D eigenvalue weighted by Crippen LogP contribution is -2.28. The van der Waals surface area contributed by atoms with E-state index in [9.17, 15) is 5.11 Å². The van der Waals surface area contributed by atoms with E-state index in [1.54, 1.807) is 0 Å². The molecule has 0 radical (unpaired) electrons. The predicted octanol–water partition coefficient (Wildman–Crippen LogP) is 5.68. The number of rotatable bonds is 11. The largest absolute Gasteiger partial charge is 0.390 e. The van der Waals surface area contributed by atoms with Gasteiger partial charge >= 0.3 is 0 Å². The summed E-state index contributed by atoms with van der Waals surface area (Å²) < 4.78 is 0. The molecule has 0 fully saturated rings. The number of aryl methyl sites for hydroxylation is 2. The molecule has 21 heavy (non-hydrogen) atoms. The van der Waals surface area contributed by atoms with Crippen molar-refractivity contribution in [2.24, 2.45) is 0 Å². The minimum atomic E-state index is -0.457. The SMILES string of the molecule is CCCCCc1cccc(CCC(O)(CCC)CCC)c1. The van der Waals surface area contributed by atoms with Crippen LogP contribution in [0.5, 0.6) is 0 Å². The van der Waals surface area contributed by atoms with Crippen LogP contribution in [0.4, 0.5) is 0 Å². The third-order valence-corrected chi connectivity index (χ3v) is 4.37. The van der Waals surface area contributed by atoms with Crippen LogP contribution in [0.25, 0.3) is 0 Å². The number of benzene rings is 1. The lowest BCUT2D eigenvalue weighted by atomic mass is 9.86. The Morgan fingerprint density at radius 1 is 0.810 bits per heavy atom. The minimum Gasteiger partial charge on any atom is -0.390 e. The fraction of sp³-hybridized carbons (Fsp3) is 0.700. The summed E-state index contributed by atoms with van der Waals surface area (Å²) in [5.74, 6) is 0. The summed E-state index contributed by atoms with van der Waals surface area (Å²) in [5.41, 5.74) is 2.38. The van der Waals surface area contributed by atoms with Crippen LogP contribution in [-0.2, 0) is 12.8 Å². The molecular weight excluding hydrogens is 256 g/mol. The second-order valence-electron chi connectivity index (χ2n) is 6.50. The molecule has 0 heterocycles. The fourth-order valence-electron chi connectivity index (χ4n) is 3.20. The first-order chi connectivity index (χ1) is 10.1. The predicted molar refractivity (Wildman–Crippen MR) is 92.8 cm³/mol. The van der Waals surface area contributed by atoms with Gasteiger partial charge in [-0.05, 0) is 49.7 Å². The van der Waals surface area contributed by atoms with Crippen LogP contribution in [0.3, 0.4) is 0 Å². The van der Waals surface area contributed by atoms with Crippen LogP contribution in [-0.4, -0.2) is 10.7 Å². The second kappa shape index (κ2) is 10.00. The Kier molecular flexibility index (Phi) is 8.68. The van der Waals surface area contributed by atoms with Gasteiger partial charge in [0.15, 0.2) is 0 Å². The maximum Gasteiger partial charge on any atom is 0.0650 e. The lowest BCUT2D eigenvalue weighted by molar-refractivity contribution is 0.0132. The van der Waals surface area contributed by atoms with E-state index in [1.807, 2.05) is 0 Å². The van der Waals surface area contributed by atoms with Gasteiger partial charge in [0.1, 0.15) is 0 Å². The van der Waals surface area contributed by atoms with Crippen LogP contribution in [0.2, 0.25) is 0 Å². The molecule has 1 aromatic rings. The maximum atomic E-state index is 10.7. The van der Waals surface area contributed by atoms with Gasteiger partial charge < -0.3 is 5.11 Å². The normalized spacial score (nSPS) is 11.8. The standard InChI is InChI=1S/C20H34O/c1-4-7-8-10-18-11-9-12-19(17-18)13-16-20(21,14-5-2)15-6-3/h9,11-12,17,21H,4-8,10,13-16H2,1-3H3. The van der Waals surface area contributed by atoms with E-state index in [4.69, 9.17) is 0 Å². The van der Waals surface area contributed by atoms with Gasteiger partial charge in [0.25, 0.3) is 0 Å². The van der Waals surface area contributed by atoms with Gasteiger partial charge in [-0.2, -0.15) is 0 Å². The Hall–Kier alpha value is -0.820. The molecule has 0 unspecified atom stereocenters. The van der Waals surface area contributed by atoms with Gasteiger partial charge in [0.2, 0.25) is 0 Å². The average molecular weight is 290 g/mol. The molecule has 1 heteroatoms. The zero-order valence-corrected chi connectivity index (χ0v) is 14.3. The quantitative estimate of drug-likeness (QED) is 0.520. The van der Waals surface area contributed by atoms with Crippen LogP contribution in [0.1, 0.15) is 83.3 Å². The molecule has 0 spiro atoms. The summed E-state index contributed by atoms with van der Waals surface area (Å²) >= 11 is 0. The maximum absolute atomic E-state index is 10.7. The first-order valence-corrected chi connectivity index (χ1v) is 8.93. The van der Waals surface area contributed by atoms with E-state index in [0.717, 1.165) is 38.5 Å². The van der Waals surface area contributed by atoms with Crippen molar-refractivity contribution in [2.45, 2.75) is 90.6 Å². The zero-order chi connectivity index (χ0) is 15.6. The molecule has 120 valence electrons. The Bertz CT molecular complexity index is 377. The van der Waals surface area contributed by atoms with Crippen molar-refractivity contribution in [1.82, 2.24) is 0 Å². The highest BCUT2D eigenvalue weighted by Gasteiger charge is 2.24. The van der Waals surface area contributed by atoms with E-state index in [0.29, 0.717) is 0 Å². The highest BCUT2D eigenvalue weighted by Crippen LogP contribution is 2.25. The van der Waals surface area contributed by atoms with Gasteiger partial charge in [-0.15, -0.1) is 0 Å². The van der Waals surface area contributed by atoms with Crippen LogP contribution in [0, 0.1) is 0 Å². The first-order valence-electron chi connectivity index (χ1n) is 8.93. The molecule has 0 saturated heterocycles. The Morgan fingerprint density at radius 3 is 2.00 bits per heavy atom. The van der Waals surface area contributed by atoms with Crippen LogP contribution < -0.4 is 0 Å². The lowest BCUT2D eigenvalue weighted by Gasteiger charge is -2.27. The number of hydrogen-bond acceptors (Lipinski definition) is 1. The average Bonchev–Trinajstić information content (AvgIpc) is 2.47. The Balaban J connectivity index is 2.55. The van der Waals surface area contributed by atoms with Crippen molar-refractivity contribution < 1.29 is 5.11 Å². The molecule has 1 nitrogen and oxygen atoms in total. The summed E-state index contributed by atoms with van der Waals surface area (Å²) in [6.45, 7) is 6.57. The highest BCUT2D eigenvalue weighted by atomic mass is 16.3. The highest BCUT2D eigenvalue weighted by molar-refractivity contribution is 5.24. The number of hydrogen-bond donors (Lipinski definition) is 1. The van der Waals surface area contributed by atoms with Gasteiger partial charge in [-0.1, -0.05) is 70.7 Å². The summed E-state index contributed by atoms with van der Waals surface area (Å²) in [7, 11) is 0. The molecule has 1 N–H and O–H groups in total. The Morgan fingerprint density at radius 2 is 1.43 bits per heavy atom. The molecule has 1 rings (SSSR count). The molecule has 0 saturated carbocycles. The zero-order valence-electron chi connectivity index (χ0n) is 14.3. The van der Waals surface area contributed by atoms with Gasteiger partial charge in [0, 0.05) is 0 Å². The Labute approximate surface area is 131 Å². The van der Waals surface area contributed by atoms with Gasteiger partial charge in [-0.3, -0.25) is 0 Å². The molecule has 0 aliphatic heterocycles. The monoisotopic (exact) mass is 290 g/mol. The topological polar surface area (TPSA) is 20.2 Å². The van der Waals surface area contributed by atoms with Crippen LogP contribution in [0.15, 0.2) is 24.3 Å². The van der Waals surface area contributed by atoms with Gasteiger partial charge in [-0.25, -0.2) is 0 Å². The van der Waals surface area contributed by atoms with E-state index in [2.05, 4.69) is 45.0 Å². The summed E-state index contributed by atoms with van der Waals surface area (Å²) in [6.07, 6.45) is 10.9. The fourth-order valence-corrected chi connectivity index (χ4v) is 3.20. The molecule has 0 amide bonds.